The van der Waals surface area contributed by atoms with Crippen LogP contribution in [-0.4, -0.2) is 35.4 Å². The van der Waals surface area contributed by atoms with Crippen molar-refractivity contribution < 1.29 is 9.59 Å². The van der Waals surface area contributed by atoms with E-state index in [0.29, 0.717) is 5.75 Å². The van der Waals surface area contributed by atoms with Gasteiger partial charge in [0, 0.05) is 17.0 Å². The van der Waals surface area contributed by atoms with Crippen molar-refractivity contribution in [3.8, 4) is 0 Å². The SMILES string of the molecule is CC(C)(C)SCC(=O)NNC(=O)CN1CCCc2ccccc21. The highest BCUT2D eigenvalue weighted by molar-refractivity contribution is 8.01. The molecular formula is C17H25N3O2S. The Morgan fingerprint density at radius 2 is 1.87 bits per heavy atom. The first-order chi connectivity index (χ1) is 10.8. The molecular weight excluding hydrogens is 310 g/mol. The molecule has 0 fully saturated rings. The smallest absolute Gasteiger partial charge is 0.257 e. The number of carbonyl (C=O) groups excluding carboxylic acids is 2. The zero-order valence-electron chi connectivity index (χ0n) is 14.0. The molecule has 2 rings (SSSR count). The van der Waals surface area contributed by atoms with Crippen LogP contribution in [0.5, 0.6) is 0 Å². The Hall–Kier alpha value is -1.69. The second kappa shape index (κ2) is 7.73. The van der Waals surface area contributed by atoms with Crippen LogP contribution in [-0.2, 0) is 16.0 Å². The number of rotatable bonds is 4. The third kappa shape index (κ3) is 5.78. The number of carbonyl (C=O) groups is 2. The van der Waals surface area contributed by atoms with Crippen molar-refractivity contribution in [1.82, 2.24) is 10.9 Å². The fraction of sp³-hybridized carbons (Fsp3) is 0.529. The average molecular weight is 335 g/mol. The van der Waals surface area contributed by atoms with Crippen LogP contribution >= 0.6 is 11.8 Å². The predicted octanol–water partition coefficient (Wildman–Crippen LogP) is 2.12. The molecule has 23 heavy (non-hydrogen) atoms. The maximum absolute atomic E-state index is 12.1. The van der Waals surface area contributed by atoms with Gasteiger partial charge in [-0.3, -0.25) is 20.4 Å². The number of fused-ring (bicyclic) bond motifs is 1. The highest BCUT2D eigenvalue weighted by Crippen LogP contribution is 2.26. The van der Waals surface area contributed by atoms with Gasteiger partial charge in [0.15, 0.2) is 0 Å². The van der Waals surface area contributed by atoms with Gasteiger partial charge >= 0.3 is 0 Å². The third-order valence-electron chi connectivity index (χ3n) is 3.52. The van der Waals surface area contributed by atoms with E-state index in [0.717, 1.165) is 25.1 Å². The first-order valence-electron chi connectivity index (χ1n) is 7.90. The molecule has 1 heterocycles. The van der Waals surface area contributed by atoms with E-state index < -0.39 is 0 Å². The molecule has 1 aliphatic rings. The van der Waals surface area contributed by atoms with Crippen LogP contribution in [0.1, 0.15) is 32.8 Å². The van der Waals surface area contributed by atoms with Crippen molar-refractivity contribution in [2.45, 2.75) is 38.4 Å². The number of hydrazine groups is 1. The van der Waals surface area contributed by atoms with Gasteiger partial charge in [0.1, 0.15) is 0 Å². The van der Waals surface area contributed by atoms with Crippen molar-refractivity contribution in [3.63, 3.8) is 0 Å². The van der Waals surface area contributed by atoms with Crippen LogP contribution in [0, 0.1) is 0 Å². The van der Waals surface area contributed by atoms with E-state index in [9.17, 15) is 9.59 Å². The number of anilines is 1. The van der Waals surface area contributed by atoms with Gasteiger partial charge in [-0.15, -0.1) is 11.8 Å². The average Bonchev–Trinajstić information content (AvgIpc) is 2.50. The van der Waals surface area contributed by atoms with Crippen molar-refractivity contribution >= 4 is 29.3 Å². The lowest BCUT2D eigenvalue weighted by Gasteiger charge is -2.30. The molecule has 0 unspecified atom stereocenters. The summed E-state index contributed by atoms with van der Waals surface area (Å²) < 4.78 is 0.0266. The molecule has 0 radical (unpaired) electrons. The molecule has 0 spiro atoms. The number of para-hydroxylation sites is 1. The molecule has 0 atom stereocenters. The van der Waals surface area contributed by atoms with E-state index in [-0.39, 0.29) is 23.1 Å². The Morgan fingerprint density at radius 1 is 1.17 bits per heavy atom. The Labute approximate surface area is 142 Å². The summed E-state index contributed by atoms with van der Waals surface area (Å²) in [7, 11) is 0. The number of aryl methyl sites for hydroxylation is 1. The largest absolute Gasteiger partial charge is 0.362 e. The molecule has 0 aliphatic carbocycles. The molecule has 2 N–H and O–H groups in total. The maximum atomic E-state index is 12.1. The first-order valence-corrected chi connectivity index (χ1v) is 8.88. The normalized spacial score (nSPS) is 14.1. The Bertz CT molecular complexity index is 569. The summed E-state index contributed by atoms with van der Waals surface area (Å²) in [5.41, 5.74) is 7.38. The Kier molecular flexibility index (Phi) is 5.93. The number of amides is 2. The van der Waals surface area contributed by atoms with Gasteiger partial charge in [-0.1, -0.05) is 39.0 Å². The topological polar surface area (TPSA) is 61.4 Å². The summed E-state index contributed by atoms with van der Waals surface area (Å²) >= 11 is 1.55. The monoisotopic (exact) mass is 335 g/mol. The van der Waals surface area contributed by atoms with Gasteiger partial charge in [-0.2, -0.15) is 0 Å². The van der Waals surface area contributed by atoms with Gasteiger partial charge < -0.3 is 4.90 Å². The Balaban J connectivity index is 1.79. The predicted molar refractivity (Wildman–Crippen MR) is 95.5 cm³/mol. The summed E-state index contributed by atoms with van der Waals surface area (Å²) in [5.74, 6) is -0.0517. The summed E-state index contributed by atoms with van der Waals surface area (Å²) in [6, 6.07) is 8.15. The molecule has 1 aliphatic heterocycles. The van der Waals surface area contributed by atoms with Crippen molar-refractivity contribution in [1.29, 1.82) is 0 Å². The molecule has 1 aromatic rings. The van der Waals surface area contributed by atoms with E-state index in [1.165, 1.54) is 5.56 Å². The first kappa shape index (κ1) is 17.7. The third-order valence-corrected chi connectivity index (χ3v) is 4.79. The lowest BCUT2D eigenvalue weighted by atomic mass is 10.0. The molecule has 5 nitrogen and oxygen atoms in total. The minimum atomic E-state index is -0.198. The second-order valence-corrected chi connectivity index (χ2v) is 8.45. The highest BCUT2D eigenvalue weighted by atomic mass is 32.2. The summed E-state index contributed by atoms with van der Waals surface area (Å²) in [5, 5.41) is 0. The molecule has 0 saturated carbocycles. The van der Waals surface area contributed by atoms with Crippen LogP contribution < -0.4 is 15.8 Å². The van der Waals surface area contributed by atoms with Gasteiger partial charge in [0.2, 0.25) is 5.91 Å². The Morgan fingerprint density at radius 3 is 2.61 bits per heavy atom. The standard InChI is InChI=1S/C17H25N3O2S/c1-17(2,3)23-12-16(22)19-18-15(21)11-20-10-6-8-13-7-4-5-9-14(13)20/h4-5,7,9H,6,8,10-12H2,1-3H3,(H,18,21)(H,19,22). The molecule has 1 aromatic carbocycles. The van der Waals surface area contributed by atoms with Crippen LogP contribution in [0.4, 0.5) is 5.69 Å². The fourth-order valence-electron chi connectivity index (χ4n) is 2.45. The van der Waals surface area contributed by atoms with E-state index in [1.54, 1.807) is 11.8 Å². The second-order valence-electron chi connectivity index (χ2n) is 6.65. The summed E-state index contributed by atoms with van der Waals surface area (Å²) in [4.78, 5) is 25.8. The molecule has 6 heteroatoms. The van der Waals surface area contributed by atoms with E-state index in [1.807, 2.05) is 18.2 Å². The summed E-state index contributed by atoms with van der Waals surface area (Å²) in [6.07, 6.45) is 2.09. The zero-order valence-corrected chi connectivity index (χ0v) is 14.8. The lowest BCUT2D eigenvalue weighted by molar-refractivity contribution is -0.126. The highest BCUT2D eigenvalue weighted by Gasteiger charge is 2.19. The van der Waals surface area contributed by atoms with Gasteiger partial charge in [-0.25, -0.2) is 0 Å². The number of hydrogen-bond donors (Lipinski definition) is 2. The molecule has 2 amide bonds. The quantitative estimate of drug-likeness (QED) is 0.828. The van der Waals surface area contributed by atoms with Crippen molar-refractivity contribution in [2.24, 2.45) is 0 Å². The van der Waals surface area contributed by atoms with Gasteiger partial charge in [0.25, 0.3) is 5.91 Å². The van der Waals surface area contributed by atoms with Gasteiger partial charge in [0.05, 0.1) is 12.3 Å². The number of thioether (sulfide) groups is 1. The maximum Gasteiger partial charge on any atom is 0.257 e. The number of nitrogens with zero attached hydrogens (tertiary/aromatic N) is 1. The van der Waals surface area contributed by atoms with Crippen LogP contribution in [0.25, 0.3) is 0 Å². The number of nitrogens with one attached hydrogen (secondary N) is 2. The zero-order chi connectivity index (χ0) is 16.9. The summed E-state index contributed by atoms with van der Waals surface area (Å²) in [6.45, 7) is 7.27. The minimum Gasteiger partial charge on any atom is -0.362 e. The van der Waals surface area contributed by atoms with E-state index in [4.69, 9.17) is 0 Å². The molecule has 0 saturated heterocycles. The number of hydrogen-bond acceptors (Lipinski definition) is 4. The van der Waals surface area contributed by atoms with Crippen LogP contribution in [0.15, 0.2) is 24.3 Å². The molecule has 0 bridgehead atoms. The van der Waals surface area contributed by atoms with Gasteiger partial charge in [-0.05, 0) is 24.5 Å². The van der Waals surface area contributed by atoms with Crippen LogP contribution in [0.2, 0.25) is 0 Å². The molecule has 0 aromatic heterocycles. The van der Waals surface area contributed by atoms with Crippen LogP contribution in [0.3, 0.4) is 0 Å². The van der Waals surface area contributed by atoms with E-state index >= 15 is 0 Å². The lowest BCUT2D eigenvalue weighted by Crippen LogP contribution is -2.48. The van der Waals surface area contributed by atoms with E-state index in [2.05, 4.69) is 42.6 Å². The van der Waals surface area contributed by atoms with Crippen molar-refractivity contribution in [3.05, 3.63) is 29.8 Å². The number of benzene rings is 1. The fourth-order valence-corrected chi connectivity index (χ4v) is 3.08. The minimum absolute atomic E-state index is 0.0266. The molecule has 126 valence electrons. The van der Waals surface area contributed by atoms with Crippen molar-refractivity contribution in [2.75, 3.05) is 23.7 Å².